The van der Waals surface area contributed by atoms with Crippen LogP contribution in [0.5, 0.6) is 5.75 Å². The van der Waals surface area contributed by atoms with Gasteiger partial charge < -0.3 is 13.6 Å². The Bertz CT molecular complexity index is 622. The molecule has 1 aromatic rings. The van der Waals surface area contributed by atoms with Crippen molar-refractivity contribution in [3.8, 4) is 5.75 Å². The van der Waals surface area contributed by atoms with E-state index in [2.05, 4.69) is 0 Å². The number of aryl methyl sites for hydroxylation is 1. The highest BCUT2D eigenvalue weighted by atomic mass is 32.5. The second kappa shape index (κ2) is 6.51. The highest BCUT2D eigenvalue weighted by Crippen LogP contribution is 2.48. The summed E-state index contributed by atoms with van der Waals surface area (Å²) in [7, 11) is 2.29. The SMILES string of the molecule is COP(=S)(OC)Oc1ccc(S(=O)(=O)N(C)C)c(C)c1. The van der Waals surface area contributed by atoms with E-state index in [1.165, 1.54) is 40.4 Å². The van der Waals surface area contributed by atoms with E-state index in [1.54, 1.807) is 13.0 Å². The van der Waals surface area contributed by atoms with Crippen molar-refractivity contribution in [3.63, 3.8) is 0 Å². The number of sulfonamides is 1. The van der Waals surface area contributed by atoms with Crippen molar-refractivity contribution in [1.29, 1.82) is 0 Å². The van der Waals surface area contributed by atoms with Gasteiger partial charge in [0.15, 0.2) is 0 Å². The summed E-state index contributed by atoms with van der Waals surface area (Å²) >= 11 is 5.10. The molecule has 0 bridgehead atoms. The summed E-state index contributed by atoms with van der Waals surface area (Å²) < 4.78 is 40.9. The van der Waals surface area contributed by atoms with E-state index >= 15 is 0 Å². The van der Waals surface area contributed by atoms with Crippen LogP contribution >= 0.6 is 6.72 Å². The first-order valence-electron chi connectivity index (χ1n) is 5.60. The minimum absolute atomic E-state index is 0.220. The summed E-state index contributed by atoms with van der Waals surface area (Å²) in [5, 5.41) is 0. The van der Waals surface area contributed by atoms with Gasteiger partial charge in [0, 0.05) is 40.1 Å². The molecule has 0 aliphatic carbocycles. The molecule has 6 nitrogen and oxygen atoms in total. The second-order valence-electron chi connectivity index (χ2n) is 4.12. The molecule has 0 saturated heterocycles. The maximum Gasteiger partial charge on any atom is 0.380 e. The normalized spacial score (nSPS) is 12.7. The first-order chi connectivity index (χ1) is 9.16. The van der Waals surface area contributed by atoms with E-state index < -0.39 is 16.7 Å². The van der Waals surface area contributed by atoms with Crippen molar-refractivity contribution < 1.29 is 22.0 Å². The van der Waals surface area contributed by atoms with E-state index in [4.69, 9.17) is 25.4 Å². The molecule has 0 heterocycles. The van der Waals surface area contributed by atoms with E-state index in [0.717, 1.165) is 4.31 Å². The summed E-state index contributed by atoms with van der Waals surface area (Å²) in [6, 6.07) is 4.60. The van der Waals surface area contributed by atoms with Crippen molar-refractivity contribution >= 4 is 28.5 Å². The lowest BCUT2D eigenvalue weighted by Gasteiger charge is -2.19. The molecule has 114 valence electrons. The lowest BCUT2D eigenvalue weighted by atomic mass is 10.2. The Balaban J connectivity index is 3.16. The van der Waals surface area contributed by atoms with E-state index in [-0.39, 0.29) is 4.90 Å². The van der Waals surface area contributed by atoms with Gasteiger partial charge in [-0.3, -0.25) is 0 Å². The van der Waals surface area contributed by atoms with Crippen LogP contribution in [0.4, 0.5) is 0 Å². The van der Waals surface area contributed by atoms with Gasteiger partial charge in [-0.05, 0) is 30.7 Å². The third-order valence-electron chi connectivity index (χ3n) is 2.57. The van der Waals surface area contributed by atoms with E-state index in [0.29, 0.717) is 11.3 Å². The van der Waals surface area contributed by atoms with Gasteiger partial charge >= 0.3 is 6.72 Å². The fraction of sp³-hybridized carbons (Fsp3) is 0.455. The minimum atomic E-state index is -3.48. The van der Waals surface area contributed by atoms with Gasteiger partial charge in [-0.1, -0.05) is 0 Å². The number of hydrogen-bond donors (Lipinski definition) is 0. The monoisotopic (exact) mass is 339 g/mol. The van der Waals surface area contributed by atoms with Crippen LogP contribution in [0.25, 0.3) is 0 Å². The van der Waals surface area contributed by atoms with Crippen molar-refractivity contribution in [1.82, 2.24) is 4.31 Å². The van der Waals surface area contributed by atoms with Crippen molar-refractivity contribution in [2.45, 2.75) is 11.8 Å². The van der Waals surface area contributed by atoms with Crippen molar-refractivity contribution in [2.24, 2.45) is 0 Å². The Kier molecular flexibility index (Phi) is 5.71. The Hall–Kier alpha value is -0.500. The molecule has 1 rings (SSSR count). The number of hydrogen-bond acceptors (Lipinski definition) is 6. The standard InChI is InChI=1S/C11H18NO5PS2/c1-9-8-10(17-18(19,15-4)16-5)6-7-11(9)20(13,14)12(2)3/h6-8H,1-5H3. The molecule has 0 aliphatic heterocycles. The minimum Gasteiger partial charge on any atom is -0.424 e. The lowest BCUT2D eigenvalue weighted by Crippen LogP contribution is -2.22. The molecule has 0 saturated carbocycles. The maximum absolute atomic E-state index is 12.1. The van der Waals surface area contributed by atoms with Crippen LogP contribution in [0, 0.1) is 6.92 Å². The van der Waals surface area contributed by atoms with Gasteiger partial charge in [-0.25, -0.2) is 12.7 Å². The predicted octanol–water partition coefficient (Wildman–Crippen LogP) is 2.14. The Morgan fingerprint density at radius 1 is 1.20 bits per heavy atom. The maximum atomic E-state index is 12.1. The number of nitrogens with zero attached hydrogens (tertiary/aromatic N) is 1. The molecule has 0 fully saturated rings. The summed E-state index contributed by atoms with van der Waals surface area (Å²) in [6.45, 7) is -1.14. The van der Waals surface area contributed by atoms with Crippen LogP contribution in [0.3, 0.4) is 0 Å². The van der Waals surface area contributed by atoms with Crippen molar-refractivity contribution in [2.75, 3.05) is 28.3 Å². The number of rotatable bonds is 6. The largest absolute Gasteiger partial charge is 0.424 e. The van der Waals surface area contributed by atoms with Gasteiger partial charge in [-0.15, -0.1) is 0 Å². The van der Waals surface area contributed by atoms with Gasteiger partial charge in [0.05, 0.1) is 4.90 Å². The topological polar surface area (TPSA) is 65.1 Å². The molecule has 0 aliphatic rings. The molecule has 0 atom stereocenters. The van der Waals surface area contributed by atoms with Crippen LogP contribution in [-0.4, -0.2) is 41.0 Å². The summed E-state index contributed by atoms with van der Waals surface area (Å²) in [6.07, 6.45) is 0. The molecule has 0 aromatic heterocycles. The summed E-state index contributed by atoms with van der Waals surface area (Å²) in [4.78, 5) is 0.220. The first-order valence-corrected chi connectivity index (χ1v) is 9.60. The Morgan fingerprint density at radius 2 is 1.75 bits per heavy atom. The first kappa shape index (κ1) is 17.6. The quantitative estimate of drug-likeness (QED) is 0.740. The molecule has 0 unspecified atom stereocenters. The van der Waals surface area contributed by atoms with Gasteiger partial charge in [-0.2, -0.15) is 0 Å². The van der Waals surface area contributed by atoms with Crippen molar-refractivity contribution in [3.05, 3.63) is 23.8 Å². The molecule has 0 radical (unpaired) electrons. The highest BCUT2D eigenvalue weighted by Gasteiger charge is 2.22. The van der Waals surface area contributed by atoms with Crippen LogP contribution in [0.15, 0.2) is 23.1 Å². The molecular formula is C11H18NO5PS2. The Labute approximate surface area is 124 Å². The average molecular weight is 339 g/mol. The molecule has 0 amide bonds. The van der Waals surface area contributed by atoms with Gasteiger partial charge in [0.2, 0.25) is 10.0 Å². The molecule has 1 aromatic carbocycles. The van der Waals surface area contributed by atoms with E-state index in [9.17, 15) is 8.42 Å². The summed E-state index contributed by atoms with van der Waals surface area (Å²) in [5.74, 6) is 0.409. The Morgan fingerprint density at radius 3 is 2.15 bits per heavy atom. The predicted molar refractivity (Wildman–Crippen MR) is 81.0 cm³/mol. The zero-order valence-corrected chi connectivity index (χ0v) is 14.5. The van der Waals surface area contributed by atoms with Gasteiger partial charge in [0.1, 0.15) is 5.75 Å². The molecule has 20 heavy (non-hydrogen) atoms. The second-order valence-corrected chi connectivity index (χ2v) is 9.39. The third-order valence-corrected chi connectivity index (χ3v) is 6.99. The van der Waals surface area contributed by atoms with Crippen LogP contribution in [0.2, 0.25) is 0 Å². The van der Waals surface area contributed by atoms with E-state index in [1.807, 2.05) is 0 Å². The molecule has 0 N–H and O–H groups in total. The molecule has 0 spiro atoms. The zero-order valence-electron chi connectivity index (χ0n) is 12.0. The third kappa shape index (κ3) is 3.78. The van der Waals surface area contributed by atoms with Gasteiger partial charge in [0.25, 0.3) is 0 Å². The molecule has 9 heteroatoms. The van der Waals surface area contributed by atoms with Crippen LogP contribution in [-0.2, 0) is 30.9 Å². The highest BCUT2D eigenvalue weighted by molar-refractivity contribution is 8.07. The fourth-order valence-electron chi connectivity index (χ4n) is 1.44. The lowest BCUT2D eigenvalue weighted by molar-refractivity contribution is 0.273. The smallest absolute Gasteiger partial charge is 0.380 e. The number of benzene rings is 1. The molecular weight excluding hydrogens is 321 g/mol. The van der Waals surface area contributed by atoms with Crippen LogP contribution in [0.1, 0.15) is 5.56 Å². The summed E-state index contributed by atoms with van der Waals surface area (Å²) in [5.41, 5.74) is 0.560. The fourth-order valence-corrected chi connectivity index (χ4v) is 3.47. The van der Waals surface area contributed by atoms with Crippen LogP contribution < -0.4 is 4.52 Å². The zero-order chi connectivity index (χ0) is 15.6. The average Bonchev–Trinajstić information content (AvgIpc) is 2.38.